The Bertz CT molecular complexity index is 1550. The first-order chi connectivity index (χ1) is 18.9. The number of aromatic hydroxyl groups is 1. The molecule has 0 aromatic heterocycles. The van der Waals surface area contributed by atoms with Crippen LogP contribution in [-0.4, -0.2) is 62.5 Å². The fourth-order valence-corrected chi connectivity index (χ4v) is 7.00. The average Bonchev–Trinajstić information content (AvgIpc) is 3.30. The van der Waals surface area contributed by atoms with Gasteiger partial charge in [-0.2, -0.15) is 0 Å². The molecule has 0 radical (unpaired) electrons. The second-order valence-electron chi connectivity index (χ2n) is 11.5. The summed E-state index contributed by atoms with van der Waals surface area (Å²) in [5, 5.41) is 45.3. The number of anilines is 1. The van der Waals surface area contributed by atoms with Gasteiger partial charge in [0, 0.05) is 62.9 Å². The molecule has 10 nitrogen and oxygen atoms in total. The summed E-state index contributed by atoms with van der Waals surface area (Å²) in [4.78, 5) is 42.3. The van der Waals surface area contributed by atoms with Crippen LogP contribution in [0.15, 0.2) is 47.2 Å². The number of rotatable bonds is 4. The van der Waals surface area contributed by atoms with E-state index in [1.165, 1.54) is 11.1 Å². The Balaban J connectivity index is 1.46. The highest BCUT2D eigenvalue weighted by Gasteiger charge is 2.60. The molecule has 3 aliphatic carbocycles. The summed E-state index contributed by atoms with van der Waals surface area (Å²) >= 11 is 0. The molecule has 1 heterocycles. The summed E-state index contributed by atoms with van der Waals surface area (Å²) in [6.07, 6.45) is 0.0279. The maximum Gasteiger partial charge on any atom is 0.255 e. The van der Waals surface area contributed by atoms with Crippen LogP contribution >= 0.6 is 0 Å². The third-order valence-electron chi connectivity index (χ3n) is 8.90. The van der Waals surface area contributed by atoms with Gasteiger partial charge in [-0.1, -0.05) is 24.3 Å². The zero-order valence-corrected chi connectivity index (χ0v) is 22.3. The maximum atomic E-state index is 13.8. The minimum Gasteiger partial charge on any atom is -0.508 e. The molecule has 0 saturated heterocycles. The molecule has 10 heteroatoms. The summed E-state index contributed by atoms with van der Waals surface area (Å²) in [5.41, 5.74) is 6.30. The van der Waals surface area contributed by atoms with Crippen molar-refractivity contribution in [2.75, 3.05) is 19.0 Å². The van der Waals surface area contributed by atoms with Gasteiger partial charge in [-0.3, -0.25) is 19.3 Å². The van der Waals surface area contributed by atoms with E-state index >= 15 is 0 Å². The monoisotopic (exact) mass is 545 g/mol. The Morgan fingerprint density at radius 1 is 1.10 bits per heavy atom. The number of hydrogen-bond acceptors (Lipinski definition) is 9. The number of carbonyl (C=O) groups is 3. The van der Waals surface area contributed by atoms with E-state index in [1.54, 1.807) is 0 Å². The van der Waals surface area contributed by atoms with Crippen molar-refractivity contribution < 1.29 is 34.8 Å². The molecule has 2 aromatic carbocycles. The zero-order valence-electron chi connectivity index (χ0n) is 22.3. The molecule has 0 spiro atoms. The molecule has 40 heavy (non-hydrogen) atoms. The van der Waals surface area contributed by atoms with Gasteiger partial charge in [-0.25, -0.2) is 0 Å². The minimum atomic E-state index is -2.57. The van der Waals surface area contributed by atoms with Crippen LogP contribution in [0.2, 0.25) is 0 Å². The number of primary amides is 1. The Hall–Kier alpha value is -4.15. The molecule has 1 saturated carbocycles. The number of phenolic OH excluding ortho intramolecular Hbond substituents is 1. The summed E-state index contributed by atoms with van der Waals surface area (Å²) in [7, 11) is 3.72. The lowest BCUT2D eigenvalue weighted by molar-refractivity contribution is -0.147. The van der Waals surface area contributed by atoms with Gasteiger partial charge in [-0.05, 0) is 41.5 Å². The second kappa shape index (κ2) is 8.94. The van der Waals surface area contributed by atoms with E-state index in [9.17, 15) is 34.8 Å². The van der Waals surface area contributed by atoms with E-state index in [4.69, 9.17) is 5.73 Å². The molecule has 4 aliphatic rings. The number of Topliss-reactive ketones (excluding diaryl/α,β-unsaturated/α-hetero) is 2. The van der Waals surface area contributed by atoms with Gasteiger partial charge < -0.3 is 31.1 Å². The van der Waals surface area contributed by atoms with Crippen molar-refractivity contribution >= 4 is 28.9 Å². The molecule has 6 N–H and O–H groups in total. The van der Waals surface area contributed by atoms with Crippen molar-refractivity contribution in [1.29, 1.82) is 0 Å². The van der Waals surface area contributed by atoms with Crippen molar-refractivity contribution in [3.8, 4) is 5.75 Å². The third-order valence-corrected chi connectivity index (χ3v) is 8.90. The van der Waals surface area contributed by atoms with E-state index in [1.807, 2.05) is 37.2 Å². The predicted molar refractivity (Wildman–Crippen MR) is 145 cm³/mol. The molecule has 208 valence electrons. The number of carbonyl (C=O) groups excluding carboxylic acids is 3. The maximum absolute atomic E-state index is 13.8. The normalized spacial score (nSPS) is 25.9. The van der Waals surface area contributed by atoms with Gasteiger partial charge in [0.2, 0.25) is 5.78 Å². The quantitative estimate of drug-likeness (QED) is 0.361. The minimum absolute atomic E-state index is 0.102. The van der Waals surface area contributed by atoms with Gasteiger partial charge >= 0.3 is 0 Å². The smallest absolute Gasteiger partial charge is 0.255 e. The Morgan fingerprint density at radius 2 is 1.75 bits per heavy atom. The summed E-state index contributed by atoms with van der Waals surface area (Å²) in [6.45, 7) is 1.81. The van der Waals surface area contributed by atoms with E-state index in [0.717, 1.165) is 5.69 Å². The number of nitrogens with two attached hydrogens (primary N) is 1. The third kappa shape index (κ3) is 3.59. The number of phenols is 1. The van der Waals surface area contributed by atoms with Crippen LogP contribution < -0.4 is 10.6 Å². The van der Waals surface area contributed by atoms with Gasteiger partial charge in [0.15, 0.2) is 11.4 Å². The van der Waals surface area contributed by atoms with Crippen LogP contribution in [0.5, 0.6) is 5.75 Å². The zero-order chi connectivity index (χ0) is 28.7. The van der Waals surface area contributed by atoms with Crippen LogP contribution in [0.25, 0.3) is 5.76 Å². The van der Waals surface area contributed by atoms with Gasteiger partial charge in [0.25, 0.3) is 5.91 Å². The van der Waals surface area contributed by atoms with Gasteiger partial charge in [0.1, 0.15) is 22.8 Å². The number of benzene rings is 2. The number of hydrogen-bond donors (Lipinski definition) is 5. The molecular formula is C30H31N3O7. The summed E-state index contributed by atoms with van der Waals surface area (Å²) in [5.74, 6) is -6.23. The van der Waals surface area contributed by atoms with Crippen LogP contribution in [0.1, 0.15) is 40.7 Å². The van der Waals surface area contributed by atoms with Gasteiger partial charge in [-0.15, -0.1) is 0 Å². The Morgan fingerprint density at radius 3 is 2.35 bits per heavy atom. The van der Waals surface area contributed by atoms with Crippen LogP contribution in [0, 0.1) is 11.8 Å². The molecule has 3 atom stereocenters. The number of fused-ring (bicyclic) bond motifs is 4. The molecule has 1 aliphatic heterocycles. The Labute approximate surface area is 230 Å². The molecular weight excluding hydrogens is 514 g/mol. The van der Waals surface area contributed by atoms with E-state index < -0.39 is 52.0 Å². The van der Waals surface area contributed by atoms with Crippen molar-refractivity contribution in [1.82, 2.24) is 4.90 Å². The predicted octanol–water partition coefficient (Wildman–Crippen LogP) is 2.01. The standard InChI is InChI=1S/C30H31N3O7/c1-32(2)20-9-17(13-33-11-14-5-3-4-6-15(14)12-33)25(35)23-19(20)8-16-7-18-10-21(34)24(29(31)39)28(38)30(18,40)27(37)22(16)26(23)36/h3-6,9,16,18,35-36,38,40H,7-8,10-13H2,1-2H3,(H2,31,39)/t16-,18+,30+/m1/s1. The lowest BCUT2D eigenvalue weighted by Crippen LogP contribution is -2.58. The first-order valence-corrected chi connectivity index (χ1v) is 13.2. The van der Waals surface area contributed by atoms with Crippen LogP contribution in [0.4, 0.5) is 5.69 Å². The average molecular weight is 546 g/mol. The molecule has 2 aromatic rings. The number of ketones is 2. The van der Waals surface area contributed by atoms with E-state index in [-0.39, 0.29) is 36.1 Å². The van der Waals surface area contributed by atoms with Crippen molar-refractivity contribution in [3.05, 3.63) is 75.1 Å². The highest BCUT2D eigenvalue weighted by Crippen LogP contribution is 2.53. The fraction of sp³-hybridized carbons (Fsp3) is 0.367. The molecule has 0 unspecified atom stereocenters. The molecule has 1 fully saturated rings. The summed E-state index contributed by atoms with van der Waals surface area (Å²) < 4.78 is 0. The molecule has 1 amide bonds. The number of aliphatic hydroxyl groups is 3. The first kappa shape index (κ1) is 26.1. The highest BCUT2D eigenvalue weighted by atomic mass is 16.3. The SMILES string of the molecule is CN(C)c1cc(CN2Cc3ccccc3C2)c(O)c2c1C[C@H]1C[C@H]3CC(=O)C(C(N)=O)=C(O)[C@@]3(O)C(=O)C1=C2O. The topological polar surface area (TPSA) is 165 Å². The lowest BCUT2D eigenvalue weighted by atomic mass is 9.59. The summed E-state index contributed by atoms with van der Waals surface area (Å²) in [6, 6.07) is 10.0. The van der Waals surface area contributed by atoms with Crippen molar-refractivity contribution in [3.63, 3.8) is 0 Å². The van der Waals surface area contributed by atoms with E-state index in [2.05, 4.69) is 17.0 Å². The van der Waals surface area contributed by atoms with Crippen molar-refractivity contribution in [2.24, 2.45) is 17.6 Å². The number of aliphatic hydroxyl groups excluding tert-OH is 2. The Kier molecular flexibility index (Phi) is 5.83. The first-order valence-electron chi connectivity index (χ1n) is 13.2. The highest BCUT2D eigenvalue weighted by molar-refractivity contribution is 6.22. The fourth-order valence-electron chi connectivity index (χ4n) is 7.00. The van der Waals surface area contributed by atoms with Crippen LogP contribution in [-0.2, 0) is 40.4 Å². The van der Waals surface area contributed by atoms with Gasteiger partial charge in [0.05, 0.1) is 5.56 Å². The second-order valence-corrected chi connectivity index (χ2v) is 11.5. The number of amides is 1. The molecule has 6 rings (SSSR count). The molecule has 0 bridgehead atoms. The lowest BCUT2D eigenvalue weighted by Gasteiger charge is -2.46. The number of nitrogens with zero attached hydrogens (tertiary/aromatic N) is 2. The van der Waals surface area contributed by atoms with Crippen LogP contribution in [0.3, 0.4) is 0 Å². The van der Waals surface area contributed by atoms with Crippen molar-refractivity contribution in [2.45, 2.75) is 44.5 Å². The largest absolute Gasteiger partial charge is 0.508 e. The van der Waals surface area contributed by atoms with E-state index in [0.29, 0.717) is 30.8 Å².